The zero-order chi connectivity index (χ0) is 13.8. The molecule has 1 heterocycles. The van der Waals surface area contributed by atoms with Crippen LogP contribution in [0.3, 0.4) is 0 Å². The Hall–Kier alpha value is -2.21. The van der Waals surface area contributed by atoms with Crippen LogP contribution < -0.4 is 15.8 Å². The predicted octanol–water partition coefficient (Wildman–Crippen LogP) is 1.77. The third-order valence-electron chi connectivity index (χ3n) is 2.39. The molecule has 100 valence electrons. The zero-order valence-corrected chi connectivity index (χ0v) is 11.0. The van der Waals surface area contributed by atoms with Gasteiger partial charge in [0.2, 0.25) is 5.91 Å². The number of carbonyl (C=O) groups is 1. The van der Waals surface area contributed by atoms with Gasteiger partial charge in [-0.3, -0.25) is 9.48 Å². The van der Waals surface area contributed by atoms with E-state index in [-0.39, 0.29) is 12.5 Å². The fourth-order valence-electron chi connectivity index (χ4n) is 1.55. The van der Waals surface area contributed by atoms with E-state index in [0.717, 1.165) is 0 Å². The van der Waals surface area contributed by atoms with Crippen molar-refractivity contribution in [1.82, 2.24) is 9.78 Å². The maximum atomic E-state index is 11.8. The van der Waals surface area contributed by atoms with Crippen LogP contribution >= 0.6 is 11.6 Å². The quantitative estimate of drug-likeness (QED) is 0.894. The summed E-state index contributed by atoms with van der Waals surface area (Å²) in [6.45, 7) is 0.0855. The van der Waals surface area contributed by atoms with Gasteiger partial charge in [0.1, 0.15) is 12.3 Å². The van der Waals surface area contributed by atoms with Crippen LogP contribution in [-0.4, -0.2) is 22.8 Å². The van der Waals surface area contributed by atoms with Crippen LogP contribution in [0.1, 0.15) is 0 Å². The van der Waals surface area contributed by atoms with Gasteiger partial charge in [0.05, 0.1) is 24.0 Å². The van der Waals surface area contributed by atoms with Crippen molar-refractivity contribution in [3.8, 4) is 5.75 Å². The summed E-state index contributed by atoms with van der Waals surface area (Å²) >= 11 is 5.90. The van der Waals surface area contributed by atoms with E-state index in [4.69, 9.17) is 22.1 Å². The molecule has 3 N–H and O–H groups in total. The number of rotatable bonds is 4. The van der Waals surface area contributed by atoms with Crippen molar-refractivity contribution in [2.75, 3.05) is 18.2 Å². The summed E-state index contributed by atoms with van der Waals surface area (Å²) < 4.78 is 6.53. The van der Waals surface area contributed by atoms with Crippen LogP contribution in [0.4, 0.5) is 11.4 Å². The molecule has 1 aromatic heterocycles. The monoisotopic (exact) mass is 280 g/mol. The lowest BCUT2D eigenvalue weighted by atomic mass is 10.3. The summed E-state index contributed by atoms with van der Waals surface area (Å²) in [5.74, 6) is 0.287. The highest BCUT2D eigenvalue weighted by molar-refractivity contribution is 6.32. The number of halogens is 1. The third-order valence-corrected chi connectivity index (χ3v) is 2.71. The largest absolute Gasteiger partial charge is 0.495 e. The Kier molecular flexibility index (Phi) is 3.91. The number of anilines is 2. The fraction of sp³-hybridized carbons (Fsp3) is 0.167. The first-order valence-corrected chi connectivity index (χ1v) is 5.87. The van der Waals surface area contributed by atoms with Gasteiger partial charge in [0.25, 0.3) is 0 Å². The lowest BCUT2D eigenvalue weighted by Gasteiger charge is -2.08. The topological polar surface area (TPSA) is 82.2 Å². The van der Waals surface area contributed by atoms with Crippen molar-refractivity contribution in [3.05, 3.63) is 35.6 Å². The van der Waals surface area contributed by atoms with Crippen molar-refractivity contribution >= 4 is 28.9 Å². The molecule has 1 aromatic carbocycles. The minimum atomic E-state index is -0.215. The molecule has 2 rings (SSSR count). The number of amides is 1. The van der Waals surface area contributed by atoms with E-state index in [1.165, 1.54) is 18.0 Å². The van der Waals surface area contributed by atoms with Crippen molar-refractivity contribution in [2.24, 2.45) is 0 Å². The van der Waals surface area contributed by atoms with Gasteiger partial charge in [0.15, 0.2) is 0 Å². The number of hydrogen-bond acceptors (Lipinski definition) is 4. The minimum absolute atomic E-state index is 0.0855. The average Bonchev–Trinajstić information content (AvgIpc) is 2.77. The number of methoxy groups -OCH3 is 1. The number of carbonyl (C=O) groups excluding carboxylic acids is 1. The van der Waals surface area contributed by atoms with Gasteiger partial charge in [-0.05, 0) is 12.1 Å². The average molecular weight is 281 g/mol. The van der Waals surface area contributed by atoms with Gasteiger partial charge in [0, 0.05) is 18.0 Å². The van der Waals surface area contributed by atoms with Gasteiger partial charge >= 0.3 is 0 Å². The third kappa shape index (κ3) is 3.38. The van der Waals surface area contributed by atoms with Crippen LogP contribution in [0.2, 0.25) is 5.02 Å². The second-order valence-electron chi connectivity index (χ2n) is 3.87. The van der Waals surface area contributed by atoms with Crippen LogP contribution in [0.15, 0.2) is 30.6 Å². The van der Waals surface area contributed by atoms with Crippen LogP contribution in [0, 0.1) is 0 Å². The van der Waals surface area contributed by atoms with Gasteiger partial charge in [-0.1, -0.05) is 11.6 Å². The Balaban J connectivity index is 2.02. The van der Waals surface area contributed by atoms with Gasteiger partial charge < -0.3 is 15.8 Å². The molecule has 6 nitrogen and oxygen atoms in total. The predicted molar refractivity (Wildman–Crippen MR) is 73.3 cm³/mol. The fourth-order valence-corrected chi connectivity index (χ4v) is 1.75. The maximum Gasteiger partial charge on any atom is 0.246 e. The molecule has 1 amide bonds. The van der Waals surface area contributed by atoms with E-state index in [0.29, 0.717) is 22.1 Å². The van der Waals surface area contributed by atoms with Crippen LogP contribution in [-0.2, 0) is 11.3 Å². The molecule has 0 fully saturated rings. The molecule has 2 aromatic rings. The summed E-state index contributed by atoms with van der Waals surface area (Å²) in [6.07, 6.45) is 3.07. The van der Waals surface area contributed by atoms with Gasteiger partial charge in [-0.2, -0.15) is 5.10 Å². The van der Waals surface area contributed by atoms with Gasteiger partial charge in [-0.25, -0.2) is 0 Å². The first-order valence-electron chi connectivity index (χ1n) is 5.50. The number of benzene rings is 1. The summed E-state index contributed by atoms with van der Waals surface area (Å²) in [7, 11) is 1.51. The number of nitrogens with two attached hydrogens (primary N) is 1. The van der Waals surface area contributed by atoms with E-state index in [2.05, 4.69) is 10.4 Å². The Labute approximate surface area is 115 Å². The molecule has 19 heavy (non-hydrogen) atoms. The van der Waals surface area contributed by atoms with E-state index in [1.807, 2.05) is 0 Å². The Morgan fingerprint density at radius 3 is 3.00 bits per heavy atom. The number of aromatic nitrogens is 2. The molecule has 0 saturated heterocycles. The Morgan fingerprint density at radius 2 is 2.37 bits per heavy atom. The number of nitrogens with one attached hydrogen (secondary N) is 1. The standard InChI is InChI=1S/C12H13ClN4O2/c1-19-11-4-9(2-3-10(11)13)16-12(18)7-17-6-8(14)5-15-17/h2-6H,7,14H2,1H3,(H,16,18). The molecule has 0 spiro atoms. The molecule has 0 bridgehead atoms. The Bertz CT molecular complexity index is 597. The molecule has 0 aliphatic heterocycles. The summed E-state index contributed by atoms with van der Waals surface area (Å²) in [6, 6.07) is 5.00. The molecule has 0 radical (unpaired) electrons. The first-order chi connectivity index (χ1) is 9.08. The molecule has 0 unspecified atom stereocenters. The van der Waals surface area contributed by atoms with Crippen molar-refractivity contribution in [2.45, 2.75) is 6.54 Å². The smallest absolute Gasteiger partial charge is 0.246 e. The molecular formula is C12H13ClN4O2. The lowest BCUT2D eigenvalue weighted by Crippen LogP contribution is -2.19. The SMILES string of the molecule is COc1cc(NC(=O)Cn2cc(N)cn2)ccc1Cl. The Morgan fingerprint density at radius 1 is 1.58 bits per heavy atom. The minimum Gasteiger partial charge on any atom is -0.495 e. The number of hydrogen-bond donors (Lipinski definition) is 2. The highest BCUT2D eigenvalue weighted by Crippen LogP contribution is 2.27. The van der Waals surface area contributed by atoms with E-state index in [9.17, 15) is 4.79 Å². The van der Waals surface area contributed by atoms with E-state index < -0.39 is 0 Å². The summed E-state index contributed by atoms with van der Waals surface area (Å²) in [5, 5.41) is 7.14. The normalized spacial score (nSPS) is 10.2. The molecule has 0 atom stereocenters. The zero-order valence-electron chi connectivity index (χ0n) is 10.3. The first kappa shape index (κ1) is 13.2. The van der Waals surface area contributed by atoms with Crippen molar-refractivity contribution in [3.63, 3.8) is 0 Å². The van der Waals surface area contributed by atoms with Crippen LogP contribution in [0.25, 0.3) is 0 Å². The number of nitrogens with zero attached hydrogens (tertiary/aromatic N) is 2. The summed E-state index contributed by atoms with van der Waals surface area (Å²) in [5.41, 5.74) is 6.63. The molecule has 0 saturated carbocycles. The van der Waals surface area contributed by atoms with Crippen molar-refractivity contribution in [1.29, 1.82) is 0 Å². The molecule has 0 aliphatic rings. The molecular weight excluding hydrogens is 268 g/mol. The summed E-state index contributed by atoms with van der Waals surface area (Å²) in [4.78, 5) is 11.8. The second-order valence-corrected chi connectivity index (χ2v) is 4.28. The molecule has 0 aliphatic carbocycles. The maximum absolute atomic E-state index is 11.8. The second kappa shape index (κ2) is 5.62. The van der Waals surface area contributed by atoms with Crippen molar-refractivity contribution < 1.29 is 9.53 Å². The molecule has 7 heteroatoms. The number of ether oxygens (including phenoxy) is 1. The lowest BCUT2D eigenvalue weighted by molar-refractivity contribution is -0.116. The number of nitrogen functional groups attached to an aromatic ring is 1. The van der Waals surface area contributed by atoms with E-state index >= 15 is 0 Å². The highest BCUT2D eigenvalue weighted by Gasteiger charge is 2.07. The van der Waals surface area contributed by atoms with Crippen LogP contribution in [0.5, 0.6) is 5.75 Å². The van der Waals surface area contributed by atoms with E-state index in [1.54, 1.807) is 24.4 Å². The highest BCUT2D eigenvalue weighted by atomic mass is 35.5. The van der Waals surface area contributed by atoms with Gasteiger partial charge in [-0.15, -0.1) is 0 Å².